The zero-order valence-corrected chi connectivity index (χ0v) is 11.6. The first-order valence-electron chi connectivity index (χ1n) is 5.47. The van der Waals surface area contributed by atoms with Gasteiger partial charge in [-0.15, -0.1) is 12.4 Å². The van der Waals surface area contributed by atoms with Crippen LogP contribution in [0.2, 0.25) is 0 Å². The third-order valence-electron chi connectivity index (χ3n) is 2.89. The standard InChI is InChI=1S/C12H17BrN2.ClH/c13-12-6-2-1-4-10(12)8-15-7-3-5-11(14)9-15;/h1-2,4,6,11H,3,5,7-9,14H2;1H/t11-;/m1./s1. The first-order chi connectivity index (χ1) is 7.25. The summed E-state index contributed by atoms with van der Waals surface area (Å²) in [5.74, 6) is 0. The maximum absolute atomic E-state index is 5.96. The average Bonchev–Trinajstić information content (AvgIpc) is 2.22. The van der Waals surface area contributed by atoms with Crippen LogP contribution in [0.15, 0.2) is 28.7 Å². The van der Waals surface area contributed by atoms with Gasteiger partial charge >= 0.3 is 0 Å². The minimum atomic E-state index is 0. The molecule has 1 heterocycles. The van der Waals surface area contributed by atoms with E-state index >= 15 is 0 Å². The second-order valence-corrected chi connectivity index (χ2v) is 5.08. The van der Waals surface area contributed by atoms with Gasteiger partial charge in [0, 0.05) is 23.6 Å². The van der Waals surface area contributed by atoms with Crippen LogP contribution in [0.5, 0.6) is 0 Å². The Morgan fingerprint density at radius 3 is 2.81 bits per heavy atom. The molecule has 0 aromatic heterocycles. The van der Waals surface area contributed by atoms with Crippen molar-refractivity contribution in [1.82, 2.24) is 4.90 Å². The number of nitrogens with zero attached hydrogens (tertiary/aromatic N) is 1. The number of hydrogen-bond acceptors (Lipinski definition) is 2. The van der Waals surface area contributed by atoms with Crippen LogP contribution >= 0.6 is 28.3 Å². The summed E-state index contributed by atoms with van der Waals surface area (Å²) >= 11 is 3.58. The first-order valence-corrected chi connectivity index (χ1v) is 6.26. The van der Waals surface area contributed by atoms with Crippen LogP contribution in [0.1, 0.15) is 18.4 Å². The molecule has 0 bridgehead atoms. The molecule has 0 aliphatic carbocycles. The Labute approximate surface area is 112 Å². The normalized spacial score (nSPS) is 21.5. The van der Waals surface area contributed by atoms with Gasteiger partial charge in [0.25, 0.3) is 0 Å². The highest BCUT2D eigenvalue weighted by molar-refractivity contribution is 9.10. The Bertz CT molecular complexity index is 333. The first kappa shape index (κ1) is 14.0. The molecule has 1 aromatic rings. The third kappa shape index (κ3) is 3.74. The van der Waals surface area contributed by atoms with Gasteiger partial charge in [0.05, 0.1) is 0 Å². The molecule has 1 aromatic carbocycles. The van der Waals surface area contributed by atoms with Gasteiger partial charge < -0.3 is 5.73 Å². The SMILES string of the molecule is Cl.N[C@@H]1CCCN(Cc2ccccc2Br)C1. The predicted octanol–water partition coefficient (Wildman–Crippen LogP) is 2.79. The van der Waals surface area contributed by atoms with E-state index in [0.29, 0.717) is 6.04 Å². The molecule has 1 saturated heterocycles. The molecule has 1 fully saturated rings. The van der Waals surface area contributed by atoms with Gasteiger partial charge in [0.1, 0.15) is 0 Å². The number of likely N-dealkylation sites (tertiary alicyclic amines) is 1. The van der Waals surface area contributed by atoms with Crippen molar-refractivity contribution in [1.29, 1.82) is 0 Å². The fourth-order valence-electron chi connectivity index (χ4n) is 2.10. The number of piperidine rings is 1. The van der Waals surface area contributed by atoms with Gasteiger partial charge in [-0.25, -0.2) is 0 Å². The lowest BCUT2D eigenvalue weighted by atomic mass is 10.1. The summed E-state index contributed by atoms with van der Waals surface area (Å²) in [7, 11) is 0. The summed E-state index contributed by atoms with van der Waals surface area (Å²) in [4.78, 5) is 2.44. The van der Waals surface area contributed by atoms with Crippen LogP contribution in [0, 0.1) is 0 Å². The monoisotopic (exact) mass is 304 g/mol. The van der Waals surface area contributed by atoms with Crippen LogP contribution in [0.3, 0.4) is 0 Å². The highest BCUT2D eigenvalue weighted by Gasteiger charge is 2.16. The van der Waals surface area contributed by atoms with Crippen molar-refractivity contribution in [2.75, 3.05) is 13.1 Å². The molecule has 2 N–H and O–H groups in total. The number of halogens is 2. The molecular weight excluding hydrogens is 288 g/mol. The van der Waals surface area contributed by atoms with Crippen LogP contribution in [-0.4, -0.2) is 24.0 Å². The average molecular weight is 306 g/mol. The molecule has 4 heteroatoms. The molecule has 2 nitrogen and oxygen atoms in total. The van der Waals surface area contributed by atoms with Gasteiger partial charge in [-0.1, -0.05) is 34.1 Å². The van der Waals surface area contributed by atoms with E-state index in [-0.39, 0.29) is 12.4 Å². The number of benzene rings is 1. The van der Waals surface area contributed by atoms with Crippen LogP contribution in [-0.2, 0) is 6.54 Å². The van der Waals surface area contributed by atoms with E-state index in [0.717, 1.165) is 13.1 Å². The Hall–Kier alpha value is -0.0900. The molecule has 0 radical (unpaired) electrons. The van der Waals surface area contributed by atoms with Crippen molar-refractivity contribution in [3.63, 3.8) is 0 Å². The quantitative estimate of drug-likeness (QED) is 0.910. The molecule has 0 spiro atoms. The van der Waals surface area contributed by atoms with Crippen molar-refractivity contribution in [3.8, 4) is 0 Å². The maximum Gasteiger partial charge on any atom is 0.0245 e. The van der Waals surface area contributed by atoms with E-state index in [2.05, 4.69) is 45.1 Å². The number of nitrogens with two attached hydrogens (primary N) is 1. The Morgan fingerprint density at radius 2 is 2.12 bits per heavy atom. The molecule has 0 saturated carbocycles. The lowest BCUT2D eigenvalue weighted by Gasteiger charge is -2.30. The summed E-state index contributed by atoms with van der Waals surface area (Å²) in [6.45, 7) is 3.21. The van der Waals surface area contributed by atoms with Crippen molar-refractivity contribution in [3.05, 3.63) is 34.3 Å². The van der Waals surface area contributed by atoms with Crippen LogP contribution in [0.4, 0.5) is 0 Å². The van der Waals surface area contributed by atoms with Gasteiger partial charge in [-0.2, -0.15) is 0 Å². The molecule has 1 aliphatic rings. The molecular formula is C12H18BrClN2. The maximum atomic E-state index is 5.96. The van der Waals surface area contributed by atoms with Gasteiger partial charge in [0.15, 0.2) is 0 Å². The Balaban J connectivity index is 0.00000128. The van der Waals surface area contributed by atoms with Crippen LogP contribution < -0.4 is 5.73 Å². The van der Waals surface area contributed by atoms with E-state index in [9.17, 15) is 0 Å². The zero-order chi connectivity index (χ0) is 10.7. The lowest BCUT2D eigenvalue weighted by Crippen LogP contribution is -2.42. The second-order valence-electron chi connectivity index (χ2n) is 4.23. The van der Waals surface area contributed by atoms with Crippen molar-refractivity contribution >= 4 is 28.3 Å². The van der Waals surface area contributed by atoms with Crippen molar-refractivity contribution in [2.24, 2.45) is 5.73 Å². The fraction of sp³-hybridized carbons (Fsp3) is 0.500. The second kappa shape index (κ2) is 6.60. The highest BCUT2D eigenvalue weighted by atomic mass is 79.9. The number of hydrogen-bond donors (Lipinski definition) is 1. The Morgan fingerprint density at radius 1 is 1.38 bits per heavy atom. The van der Waals surface area contributed by atoms with Gasteiger partial charge in [-0.3, -0.25) is 4.90 Å². The zero-order valence-electron chi connectivity index (χ0n) is 9.23. The summed E-state index contributed by atoms with van der Waals surface area (Å²) < 4.78 is 1.20. The fourth-order valence-corrected chi connectivity index (χ4v) is 2.51. The van der Waals surface area contributed by atoms with E-state index in [1.54, 1.807) is 0 Å². The van der Waals surface area contributed by atoms with E-state index in [1.165, 1.54) is 29.4 Å². The van der Waals surface area contributed by atoms with Crippen molar-refractivity contribution in [2.45, 2.75) is 25.4 Å². The molecule has 90 valence electrons. The van der Waals surface area contributed by atoms with Crippen molar-refractivity contribution < 1.29 is 0 Å². The highest BCUT2D eigenvalue weighted by Crippen LogP contribution is 2.19. The van der Waals surface area contributed by atoms with E-state index in [1.807, 2.05) is 0 Å². The molecule has 1 atom stereocenters. The smallest absolute Gasteiger partial charge is 0.0245 e. The summed E-state index contributed by atoms with van der Waals surface area (Å²) in [5, 5.41) is 0. The Kier molecular flexibility index (Phi) is 5.76. The third-order valence-corrected chi connectivity index (χ3v) is 3.67. The molecule has 0 unspecified atom stereocenters. The van der Waals surface area contributed by atoms with Gasteiger partial charge in [0.2, 0.25) is 0 Å². The minimum absolute atomic E-state index is 0. The summed E-state index contributed by atoms with van der Waals surface area (Å²) in [6.07, 6.45) is 2.40. The summed E-state index contributed by atoms with van der Waals surface area (Å²) in [5.41, 5.74) is 7.32. The van der Waals surface area contributed by atoms with Gasteiger partial charge in [-0.05, 0) is 31.0 Å². The topological polar surface area (TPSA) is 29.3 Å². The summed E-state index contributed by atoms with van der Waals surface area (Å²) in [6, 6.07) is 8.77. The van der Waals surface area contributed by atoms with E-state index < -0.39 is 0 Å². The number of rotatable bonds is 2. The molecule has 1 aliphatic heterocycles. The lowest BCUT2D eigenvalue weighted by molar-refractivity contribution is 0.201. The molecule has 16 heavy (non-hydrogen) atoms. The van der Waals surface area contributed by atoms with E-state index in [4.69, 9.17) is 5.73 Å². The van der Waals surface area contributed by atoms with Crippen LogP contribution in [0.25, 0.3) is 0 Å². The molecule has 2 rings (SSSR count). The largest absolute Gasteiger partial charge is 0.327 e. The predicted molar refractivity (Wildman–Crippen MR) is 73.9 cm³/mol. The molecule has 0 amide bonds. The minimum Gasteiger partial charge on any atom is -0.327 e.